The molecule has 4 fully saturated rings. The molecule has 1 aromatic rings. The van der Waals surface area contributed by atoms with Gasteiger partial charge in [-0.25, -0.2) is 4.68 Å². The first-order chi connectivity index (χ1) is 8.74. The zero-order chi connectivity index (χ0) is 12.3. The highest BCUT2D eigenvalue weighted by Crippen LogP contribution is 2.57. The molecule has 0 aromatic carbocycles. The topological polar surface area (TPSA) is 63.8 Å². The normalized spacial score (nSPS) is 41.5. The molecule has 4 aliphatic rings. The predicted octanol–water partition coefficient (Wildman–Crippen LogP) is 1.63. The summed E-state index contributed by atoms with van der Waals surface area (Å²) in [7, 11) is 0. The molecular weight excluding hydrogens is 226 g/mol. The summed E-state index contributed by atoms with van der Waals surface area (Å²) in [6.45, 7) is 0.426. The van der Waals surface area contributed by atoms with Gasteiger partial charge < -0.3 is 5.73 Å². The second-order valence-corrected chi connectivity index (χ2v) is 6.62. The summed E-state index contributed by atoms with van der Waals surface area (Å²) in [4.78, 5) is 12.1. The van der Waals surface area contributed by atoms with Gasteiger partial charge in [0.05, 0.1) is 11.7 Å². The molecule has 0 saturated heterocycles. The molecule has 1 aromatic heterocycles. The highest BCUT2D eigenvalue weighted by atomic mass is 16.1. The van der Waals surface area contributed by atoms with Crippen LogP contribution in [0, 0.1) is 23.7 Å². The van der Waals surface area contributed by atoms with Gasteiger partial charge in [0.15, 0.2) is 0 Å². The molecule has 4 aliphatic carbocycles. The molecule has 4 saturated carbocycles. The third kappa shape index (κ3) is 1.44. The maximum atomic E-state index is 12.1. The quantitative estimate of drug-likeness (QED) is 0.834. The van der Waals surface area contributed by atoms with Crippen LogP contribution in [-0.4, -0.2) is 9.78 Å². The average molecular weight is 247 g/mol. The number of nitrogens with one attached hydrogen (secondary N) is 1. The Balaban J connectivity index is 1.72. The van der Waals surface area contributed by atoms with Gasteiger partial charge in [0.2, 0.25) is 0 Å². The van der Waals surface area contributed by atoms with Gasteiger partial charge in [0, 0.05) is 12.6 Å². The van der Waals surface area contributed by atoms with Crippen LogP contribution in [0.2, 0.25) is 0 Å². The highest BCUT2D eigenvalue weighted by Gasteiger charge is 2.49. The lowest BCUT2D eigenvalue weighted by Crippen LogP contribution is -2.48. The van der Waals surface area contributed by atoms with E-state index >= 15 is 0 Å². The molecule has 98 valence electrons. The van der Waals surface area contributed by atoms with Gasteiger partial charge in [-0.2, -0.15) is 0 Å². The second kappa shape index (κ2) is 3.73. The highest BCUT2D eigenvalue weighted by molar-refractivity contribution is 5.05. The van der Waals surface area contributed by atoms with Gasteiger partial charge >= 0.3 is 0 Å². The lowest BCUT2D eigenvalue weighted by molar-refractivity contribution is -0.0349. The third-order valence-corrected chi connectivity index (χ3v) is 5.49. The standard InChI is InChI=1S/C14H21N3O/c15-7-12-6-13(18)17(16-12)14-10-2-8-1-9(4-10)5-11(14)3-8/h6,8-11,14,16H,1-5,7,15H2. The van der Waals surface area contributed by atoms with Gasteiger partial charge in [0.1, 0.15) is 0 Å². The number of hydrogen-bond donors (Lipinski definition) is 2. The van der Waals surface area contributed by atoms with E-state index in [1.807, 2.05) is 4.68 Å². The fourth-order valence-electron chi connectivity index (χ4n) is 5.10. The van der Waals surface area contributed by atoms with Gasteiger partial charge in [-0.1, -0.05) is 0 Å². The summed E-state index contributed by atoms with van der Waals surface area (Å²) in [5, 5.41) is 3.24. The van der Waals surface area contributed by atoms with Crippen molar-refractivity contribution in [3.05, 3.63) is 22.1 Å². The van der Waals surface area contributed by atoms with Crippen LogP contribution in [0.5, 0.6) is 0 Å². The molecule has 1 heterocycles. The van der Waals surface area contributed by atoms with Crippen molar-refractivity contribution in [3.8, 4) is 0 Å². The number of aromatic nitrogens is 2. The fraction of sp³-hybridized carbons (Fsp3) is 0.786. The molecule has 3 N–H and O–H groups in total. The Kier molecular flexibility index (Phi) is 2.25. The number of nitrogens with zero attached hydrogens (tertiary/aromatic N) is 1. The van der Waals surface area contributed by atoms with E-state index in [0.29, 0.717) is 12.6 Å². The maximum absolute atomic E-state index is 12.1. The molecule has 0 unspecified atom stereocenters. The minimum atomic E-state index is 0.118. The van der Waals surface area contributed by atoms with Gasteiger partial charge in [-0.15, -0.1) is 0 Å². The van der Waals surface area contributed by atoms with Crippen LogP contribution in [-0.2, 0) is 6.54 Å². The first-order valence-electron chi connectivity index (χ1n) is 7.25. The largest absolute Gasteiger partial charge is 0.325 e. The molecule has 5 rings (SSSR count). The van der Waals surface area contributed by atoms with Crippen LogP contribution in [0.15, 0.2) is 10.9 Å². The van der Waals surface area contributed by atoms with Crippen molar-refractivity contribution in [1.29, 1.82) is 0 Å². The van der Waals surface area contributed by atoms with Crippen LogP contribution < -0.4 is 11.3 Å². The molecule has 0 aliphatic heterocycles. The SMILES string of the molecule is NCc1cc(=O)n(C2C3CC4CC(C3)CC2C4)[nH]1. The molecule has 0 spiro atoms. The number of H-pyrrole nitrogens is 1. The van der Waals surface area contributed by atoms with Crippen LogP contribution in [0.25, 0.3) is 0 Å². The molecule has 4 heteroatoms. The molecule has 18 heavy (non-hydrogen) atoms. The minimum absolute atomic E-state index is 0.118. The molecule has 0 atom stereocenters. The summed E-state index contributed by atoms with van der Waals surface area (Å²) in [5.41, 5.74) is 6.61. The summed E-state index contributed by atoms with van der Waals surface area (Å²) >= 11 is 0. The van der Waals surface area contributed by atoms with E-state index in [1.54, 1.807) is 6.07 Å². The Labute approximate surface area is 107 Å². The van der Waals surface area contributed by atoms with E-state index in [9.17, 15) is 4.79 Å². The summed E-state index contributed by atoms with van der Waals surface area (Å²) < 4.78 is 1.90. The van der Waals surface area contributed by atoms with Crippen molar-refractivity contribution in [2.45, 2.75) is 44.7 Å². The number of hydrogen-bond acceptors (Lipinski definition) is 2. The van der Waals surface area contributed by atoms with Crippen LogP contribution in [0.3, 0.4) is 0 Å². The van der Waals surface area contributed by atoms with Crippen molar-refractivity contribution >= 4 is 0 Å². The second-order valence-electron chi connectivity index (χ2n) is 6.62. The van der Waals surface area contributed by atoms with Gasteiger partial charge in [-0.05, 0) is 55.8 Å². The maximum Gasteiger partial charge on any atom is 0.267 e. The van der Waals surface area contributed by atoms with E-state index in [4.69, 9.17) is 5.73 Å². The Bertz CT molecular complexity index is 487. The van der Waals surface area contributed by atoms with Crippen LogP contribution in [0.4, 0.5) is 0 Å². The zero-order valence-electron chi connectivity index (χ0n) is 10.6. The Morgan fingerprint density at radius 1 is 1.17 bits per heavy atom. The monoisotopic (exact) mass is 247 g/mol. The van der Waals surface area contributed by atoms with Gasteiger partial charge in [0.25, 0.3) is 5.56 Å². The van der Waals surface area contributed by atoms with Crippen LogP contribution >= 0.6 is 0 Å². The Hall–Kier alpha value is -1.03. The lowest BCUT2D eigenvalue weighted by atomic mass is 9.54. The van der Waals surface area contributed by atoms with Crippen molar-refractivity contribution in [2.75, 3.05) is 0 Å². The van der Waals surface area contributed by atoms with E-state index in [0.717, 1.165) is 29.4 Å². The zero-order valence-corrected chi connectivity index (χ0v) is 10.6. The first kappa shape index (κ1) is 10.9. The molecule has 0 amide bonds. The summed E-state index contributed by atoms with van der Waals surface area (Å²) in [6, 6.07) is 2.09. The Morgan fingerprint density at radius 3 is 2.28 bits per heavy atom. The lowest BCUT2D eigenvalue weighted by Gasteiger charge is -2.54. The van der Waals surface area contributed by atoms with Gasteiger partial charge in [-0.3, -0.25) is 9.89 Å². The first-order valence-corrected chi connectivity index (χ1v) is 7.25. The number of nitrogens with two attached hydrogens (primary N) is 1. The molecule has 4 nitrogen and oxygen atoms in total. The van der Waals surface area contributed by atoms with Crippen LogP contribution in [0.1, 0.15) is 43.8 Å². The van der Waals surface area contributed by atoms with Crippen molar-refractivity contribution in [3.63, 3.8) is 0 Å². The number of rotatable bonds is 2. The number of aromatic amines is 1. The molecule has 4 bridgehead atoms. The van der Waals surface area contributed by atoms with Crippen molar-refractivity contribution in [2.24, 2.45) is 29.4 Å². The van der Waals surface area contributed by atoms with E-state index < -0.39 is 0 Å². The summed E-state index contributed by atoms with van der Waals surface area (Å²) in [5.74, 6) is 3.35. The molecular formula is C14H21N3O. The average Bonchev–Trinajstić information content (AvgIpc) is 2.69. The minimum Gasteiger partial charge on any atom is -0.325 e. The third-order valence-electron chi connectivity index (χ3n) is 5.49. The van der Waals surface area contributed by atoms with E-state index in [1.165, 1.54) is 32.1 Å². The van der Waals surface area contributed by atoms with E-state index in [-0.39, 0.29) is 5.56 Å². The fourth-order valence-corrected chi connectivity index (χ4v) is 5.10. The van der Waals surface area contributed by atoms with Crippen molar-refractivity contribution in [1.82, 2.24) is 9.78 Å². The smallest absolute Gasteiger partial charge is 0.267 e. The van der Waals surface area contributed by atoms with E-state index in [2.05, 4.69) is 5.10 Å². The predicted molar refractivity (Wildman–Crippen MR) is 69.0 cm³/mol. The molecule has 0 radical (unpaired) electrons. The Morgan fingerprint density at radius 2 is 1.78 bits per heavy atom. The van der Waals surface area contributed by atoms with Crippen molar-refractivity contribution < 1.29 is 0 Å². The summed E-state index contributed by atoms with van der Waals surface area (Å²) in [6.07, 6.45) is 6.79.